The first-order valence-corrected chi connectivity index (χ1v) is 6.57. The Morgan fingerprint density at radius 1 is 1.25 bits per heavy atom. The molecule has 1 fully saturated rings. The highest BCUT2D eigenvalue weighted by atomic mass is 16.4. The molecule has 3 N–H and O–H groups in total. The largest absolute Gasteiger partial charge is 0.480 e. The minimum absolute atomic E-state index is 0.363. The monoisotopic (exact) mass is 272 g/mol. The quantitative estimate of drug-likeness (QED) is 0.800. The lowest BCUT2D eigenvalue weighted by Crippen LogP contribution is -2.43. The van der Waals surface area contributed by atoms with E-state index in [0.29, 0.717) is 18.5 Å². The number of nitrogens with one attached hydrogen (secondary N) is 2. The van der Waals surface area contributed by atoms with Crippen LogP contribution in [0.15, 0.2) is 18.2 Å². The molecule has 20 heavy (non-hydrogen) atoms. The van der Waals surface area contributed by atoms with Crippen LogP contribution >= 0.6 is 0 Å². The maximum atomic E-state index is 12.2. The van der Waals surface area contributed by atoms with Crippen LogP contribution in [0, 0.1) is 13.8 Å². The van der Waals surface area contributed by atoms with Crippen LogP contribution in [-0.4, -0.2) is 27.5 Å². The van der Waals surface area contributed by atoms with E-state index in [1.54, 1.807) is 6.07 Å². The Morgan fingerprint density at radius 3 is 2.55 bits per heavy atom. The number of benzene rings is 1. The number of fused-ring (bicyclic) bond motifs is 1. The van der Waals surface area contributed by atoms with E-state index in [4.69, 9.17) is 5.11 Å². The zero-order chi connectivity index (χ0) is 14.5. The van der Waals surface area contributed by atoms with Crippen LogP contribution in [0.2, 0.25) is 0 Å². The molecule has 0 aliphatic heterocycles. The maximum Gasteiger partial charge on any atom is 0.329 e. The van der Waals surface area contributed by atoms with Gasteiger partial charge >= 0.3 is 5.97 Å². The minimum atomic E-state index is -1.06. The standard InChI is InChI=1S/C15H16N2O3/c1-8-5-9(2)10-7-12(16-11(10)6-8)13(18)17-15(3-4-15)14(19)20/h5-7,16H,3-4H2,1-2H3,(H,17,18)(H,19,20). The van der Waals surface area contributed by atoms with Crippen molar-refractivity contribution < 1.29 is 14.7 Å². The van der Waals surface area contributed by atoms with Gasteiger partial charge in [-0.2, -0.15) is 0 Å². The third-order valence-electron chi connectivity index (χ3n) is 3.85. The second kappa shape index (κ2) is 4.10. The Hall–Kier alpha value is -2.30. The lowest BCUT2D eigenvalue weighted by atomic mass is 10.1. The van der Waals surface area contributed by atoms with Crippen molar-refractivity contribution in [1.29, 1.82) is 0 Å². The van der Waals surface area contributed by atoms with E-state index in [1.165, 1.54) is 0 Å². The average molecular weight is 272 g/mol. The van der Waals surface area contributed by atoms with E-state index >= 15 is 0 Å². The summed E-state index contributed by atoms with van der Waals surface area (Å²) < 4.78 is 0. The van der Waals surface area contributed by atoms with E-state index in [9.17, 15) is 9.59 Å². The Kier molecular flexibility index (Phi) is 2.61. The van der Waals surface area contributed by atoms with Crippen LogP contribution in [0.1, 0.15) is 34.5 Å². The molecule has 2 aromatic rings. The van der Waals surface area contributed by atoms with Crippen molar-refractivity contribution in [2.24, 2.45) is 0 Å². The summed E-state index contributed by atoms with van der Waals surface area (Å²) in [6, 6.07) is 5.80. The van der Waals surface area contributed by atoms with Gasteiger partial charge in [-0.15, -0.1) is 0 Å². The summed E-state index contributed by atoms with van der Waals surface area (Å²) in [6.45, 7) is 3.99. The zero-order valence-corrected chi connectivity index (χ0v) is 11.4. The van der Waals surface area contributed by atoms with Crippen molar-refractivity contribution in [3.05, 3.63) is 35.0 Å². The molecule has 5 heteroatoms. The second-order valence-electron chi connectivity index (χ2n) is 5.57. The number of aromatic nitrogens is 1. The Balaban J connectivity index is 1.93. The summed E-state index contributed by atoms with van der Waals surface area (Å²) in [5.41, 5.74) is 2.45. The van der Waals surface area contributed by atoms with Crippen LogP contribution < -0.4 is 5.32 Å². The molecular weight excluding hydrogens is 256 g/mol. The number of hydrogen-bond donors (Lipinski definition) is 3. The Labute approximate surface area is 116 Å². The highest BCUT2D eigenvalue weighted by Crippen LogP contribution is 2.36. The molecule has 1 aliphatic rings. The number of carbonyl (C=O) groups is 2. The van der Waals surface area contributed by atoms with Gasteiger partial charge in [0, 0.05) is 10.9 Å². The molecule has 1 amide bonds. The first-order valence-electron chi connectivity index (χ1n) is 6.57. The molecule has 1 aromatic heterocycles. The number of carboxylic acids is 1. The lowest BCUT2D eigenvalue weighted by molar-refractivity contribution is -0.140. The van der Waals surface area contributed by atoms with Gasteiger partial charge in [-0.05, 0) is 49.9 Å². The third kappa shape index (κ3) is 1.95. The van der Waals surface area contributed by atoms with Gasteiger partial charge in [-0.1, -0.05) is 6.07 Å². The molecular formula is C15H16N2O3. The summed E-state index contributed by atoms with van der Waals surface area (Å²) in [6.07, 6.45) is 0.985. The fourth-order valence-corrected chi connectivity index (χ4v) is 2.52. The van der Waals surface area contributed by atoms with Crippen LogP contribution in [0.3, 0.4) is 0 Å². The fourth-order valence-electron chi connectivity index (χ4n) is 2.52. The second-order valence-corrected chi connectivity index (χ2v) is 5.57. The predicted molar refractivity (Wildman–Crippen MR) is 74.8 cm³/mol. The van der Waals surface area contributed by atoms with Gasteiger partial charge in [-0.25, -0.2) is 4.79 Å². The number of aryl methyl sites for hydroxylation is 2. The van der Waals surface area contributed by atoms with Gasteiger partial charge in [0.15, 0.2) is 0 Å². The molecule has 0 atom stereocenters. The van der Waals surface area contributed by atoms with Crippen LogP contribution in [0.4, 0.5) is 0 Å². The number of carboxylic acid groups (broad SMARTS) is 1. The molecule has 1 saturated carbocycles. The fraction of sp³-hybridized carbons (Fsp3) is 0.333. The molecule has 3 rings (SSSR count). The molecule has 0 bridgehead atoms. The predicted octanol–water partition coefficient (Wildman–Crippen LogP) is 2.13. The smallest absolute Gasteiger partial charge is 0.329 e. The molecule has 104 valence electrons. The molecule has 0 saturated heterocycles. The van der Waals surface area contributed by atoms with Gasteiger partial charge in [0.25, 0.3) is 5.91 Å². The number of aliphatic carboxylic acids is 1. The van der Waals surface area contributed by atoms with Gasteiger partial charge in [0.1, 0.15) is 11.2 Å². The van der Waals surface area contributed by atoms with Crippen molar-refractivity contribution in [1.82, 2.24) is 10.3 Å². The van der Waals surface area contributed by atoms with Gasteiger partial charge in [-0.3, -0.25) is 4.79 Å². The first kappa shape index (κ1) is 12.7. The van der Waals surface area contributed by atoms with Crippen molar-refractivity contribution in [3.63, 3.8) is 0 Å². The van der Waals surface area contributed by atoms with E-state index in [-0.39, 0.29) is 5.91 Å². The molecule has 1 aliphatic carbocycles. The average Bonchev–Trinajstić information content (AvgIpc) is 3.00. The normalized spacial score (nSPS) is 16.1. The summed E-state index contributed by atoms with van der Waals surface area (Å²) in [5.74, 6) is -1.33. The van der Waals surface area contributed by atoms with Crippen LogP contribution in [0.25, 0.3) is 10.9 Å². The number of carbonyl (C=O) groups excluding carboxylic acids is 1. The number of H-pyrrole nitrogens is 1. The van der Waals surface area contributed by atoms with E-state index in [2.05, 4.69) is 16.4 Å². The van der Waals surface area contributed by atoms with Gasteiger partial charge < -0.3 is 15.4 Å². The molecule has 5 nitrogen and oxygen atoms in total. The maximum absolute atomic E-state index is 12.2. The van der Waals surface area contributed by atoms with Crippen LogP contribution in [-0.2, 0) is 4.79 Å². The third-order valence-corrected chi connectivity index (χ3v) is 3.85. The summed E-state index contributed by atoms with van der Waals surface area (Å²) in [4.78, 5) is 26.3. The van der Waals surface area contributed by atoms with Crippen molar-refractivity contribution in [2.45, 2.75) is 32.2 Å². The van der Waals surface area contributed by atoms with Gasteiger partial charge in [0.2, 0.25) is 0 Å². The highest BCUT2D eigenvalue weighted by molar-refractivity contribution is 6.01. The highest BCUT2D eigenvalue weighted by Gasteiger charge is 2.51. The van der Waals surface area contributed by atoms with E-state index < -0.39 is 11.5 Å². The zero-order valence-electron chi connectivity index (χ0n) is 11.4. The molecule has 0 radical (unpaired) electrons. The molecule has 1 heterocycles. The molecule has 0 unspecified atom stereocenters. The molecule has 1 aromatic carbocycles. The minimum Gasteiger partial charge on any atom is -0.480 e. The van der Waals surface area contributed by atoms with Crippen molar-refractivity contribution in [2.75, 3.05) is 0 Å². The number of hydrogen-bond acceptors (Lipinski definition) is 2. The number of rotatable bonds is 3. The van der Waals surface area contributed by atoms with E-state index in [0.717, 1.165) is 22.0 Å². The molecule has 0 spiro atoms. The number of aromatic amines is 1. The summed E-state index contributed by atoms with van der Waals surface area (Å²) in [7, 11) is 0. The van der Waals surface area contributed by atoms with Crippen LogP contribution in [0.5, 0.6) is 0 Å². The van der Waals surface area contributed by atoms with E-state index in [1.807, 2.05) is 19.9 Å². The lowest BCUT2D eigenvalue weighted by Gasteiger charge is -2.11. The topological polar surface area (TPSA) is 82.2 Å². The van der Waals surface area contributed by atoms with Crippen molar-refractivity contribution in [3.8, 4) is 0 Å². The SMILES string of the molecule is Cc1cc(C)c2cc(C(=O)NC3(C(=O)O)CC3)[nH]c2c1. The van der Waals surface area contributed by atoms with Gasteiger partial charge in [0.05, 0.1) is 0 Å². The number of amides is 1. The van der Waals surface area contributed by atoms with Crippen molar-refractivity contribution >= 4 is 22.8 Å². The Morgan fingerprint density at radius 2 is 1.95 bits per heavy atom. The Bertz CT molecular complexity index is 726. The summed E-state index contributed by atoms with van der Waals surface area (Å²) >= 11 is 0. The summed E-state index contributed by atoms with van der Waals surface area (Å²) in [5, 5.41) is 12.7. The first-order chi connectivity index (χ1) is 9.41.